The number of aryl methyl sites for hydroxylation is 2. The van der Waals surface area contributed by atoms with Gasteiger partial charge in [0.1, 0.15) is 27.3 Å². The molecule has 1 amide bonds. The fourth-order valence-electron chi connectivity index (χ4n) is 9.70. The van der Waals surface area contributed by atoms with Gasteiger partial charge in [0.05, 0.1) is 125 Å². The number of esters is 3. The summed E-state index contributed by atoms with van der Waals surface area (Å²) in [5.41, 5.74) is 3.14. The molecule has 3 aromatic carbocycles. The Balaban J connectivity index is 1.19. The molecule has 6 rings (SSSR count). The van der Waals surface area contributed by atoms with Gasteiger partial charge < -0.3 is 85.8 Å². The van der Waals surface area contributed by atoms with Crippen molar-refractivity contribution >= 4 is 81.0 Å². The lowest BCUT2D eigenvalue weighted by atomic mass is 9.90. The predicted octanol–water partition coefficient (Wildman–Crippen LogP) is 9.09. The van der Waals surface area contributed by atoms with Crippen molar-refractivity contribution < 1.29 is 89.9 Å². The van der Waals surface area contributed by atoms with E-state index in [-0.39, 0.29) is 77.4 Å². The van der Waals surface area contributed by atoms with Gasteiger partial charge in [-0.15, -0.1) is 11.6 Å². The Morgan fingerprint density at radius 1 is 0.582 bits per heavy atom. The number of nitrogens with one attached hydrogen (secondary N) is 1. The Morgan fingerprint density at radius 2 is 1.14 bits per heavy atom. The minimum absolute atomic E-state index is 0.00156. The molecule has 0 spiro atoms. The topological polar surface area (TPSA) is 246 Å². The fraction of sp³-hybridized carbons (Fsp3) is 0.554. The molecule has 0 unspecified atom stereocenters. The minimum Gasteiger partial charge on any atom is -0.495 e. The van der Waals surface area contributed by atoms with Crippen LogP contribution in [0.5, 0.6) is 17.2 Å². The first kappa shape index (κ1) is 73.8. The van der Waals surface area contributed by atoms with E-state index in [1.165, 1.54) is 13.8 Å². The highest BCUT2D eigenvalue weighted by molar-refractivity contribution is 6.37. The summed E-state index contributed by atoms with van der Waals surface area (Å²) in [5.74, 6) is -0.408. The van der Waals surface area contributed by atoms with E-state index in [1.54, 1.807) is 26.4 Å². The van der Waals surface area contributed by atoms with E-state index in [2.05, 4.69) is 15.1 Å². The van der Waals surface area contributed by atoms with Gasteiger partial charge in [-0.1, -0.05) is 54.2 Å². The first-order valence-electron chi connectivity index (χ1n) is 30.6. The summed E-state index contributed by atoms with van der Waals surface area (Å²) < 4.78 is 85.7. The second kappa shape index (κ2) is 42.1. The molecule has 26 heteroatoms. The number of para-hydroxylation sites is 2. The Bertz CT molecular complexity index is 3060. The third-order valence-electron chi connectivity index (χ3n) is 14.3. The number of halogens is 3. The van der Waals surface area contributed by atoms with Gasteiger partial charge >= 0.3 is 17.9 Å². The number of methoxy groups -OCH3 is 2. The van der Waals surface area contributed by atoms with E-state index in [1.807, 2.05) is 42.5 Å². The quantitative estimate of drug-likeness (QED) is 0.0128. The molecular weight excluding hydrogens is 1250 g/mol. The molecule has 0 saturated carbocycles. The summed E-state index contributed by atoms with van der Waals surface area (Å²) >= 11 is 20.0. The first-order valence-corrected chi connectivity index (χ1v) is 31.9. The third-order valence-corrected chi connectivity index (χ3v) is 15.2. The standard InChI is InChI=1S/C65H86Cl3N3O20/c1-46(72)87-44-89-58(75)18-15-50-42-52-59(48-13-16-54(56(43-48)78-4)71-22-28-81-27-21-70(23-29-82-33-34-83-30-24-71)53-11-7-8-12-55(53)77-3)51-41-49(62(76)60(67)64(51)91-65(52)61(68)63(50)90-45-88-47(2)73)14-17-57(74)69-20-26-80-32-36-85-38-40-86-39-37-84-35-31-79-25-10-6-5-9-19-66/h7-8,11-13,16,41-43H,5-6,9-10,14-15,17-40,44-45H2,1-4H3,(H,69,74). The molecular formula is C65H86Cl3N3O20. The number of nitrogens with zero attached hydrogens (tertiary/aromatic N) is 2. The van der Waals surface area contributed by atoms with Crippen molar-refractivity contribution in [3.63, 3.8) is 0 Å². The number of ether oxygens (including phenoxy) is 14. The SMILES string of the molecule is COc1ccccc1N1CCOCCOCCN(c2ccc(-c3c4cc(CCC(=O)NCCOCCOCCOCCOCCOCCCCCCCl)c(=O)c(Cl)c-4oc4c(Cl)c(OCOC(C)=O)c(CCC(=O)OCOC(C)=O)cc34)cc2OC)CCOCC1. The summed E-state index contributed by atoms with van der Waals surface area (Å²) in [6.07, 6.45) is 3.96. The lowest BCUT2D eigenvalue weighted by Crippen LogP contribution is -2.33. The Hall–Kier alpha value is -6.22. The molecule has 0 atom stereocenters. The van der Waals surface area contributed by atoms with Crippen molar-refractivity contribution in [2.75, 3.05) is 182 Å². The Kier molecular flexibility index (Phi) is 34.2. The van der Waals surface area contributed by atoms with E-state index in [9.17, 15) is 24.0 Å². The van der Waals surface area contributed by atoms with Gasteiger partial charge in [0, 0.05) is 94.0 Å². The van der Waals surface area contributed by atoms with Crippen LogP contribution in [0.25, 0.3) is 33.4 Å². The zero-order valence-electron chi connectivity index (χ0n) is 52.5. The van der Waals surface area contributed by atoms with Crippen molar-refractivity contribution in [2.24, 2.45) is 0 Å². The molecule has 1 aliphatic carbocycles. The van der Waals surface area contributed by atoms with Crippen LogP contribution in [0.3, 0.4) is 0 Å². The number of rotatable bonds is 37. The minimum atomic E-state index is -0.705. The molecule has 1 fully saturated rings. The molecule has 0 bridgehead atoms. The largest absolute Gasteiger partial charge is 0.495 e. The van der Waals surface area contributed by atoms with Crippen LogP contribution in [0.2, 0.25) is 10.0 Å². The van der Waals surface area contributed by atoms with Crippen molar-refractivity contribution in [3.05, 3.63) is 86.0 Å². The summed E-state index contributed by atoms with van der Waals surface area (Å²) in [7, 11) is 3.20. The summed E-state index contributed by atoms with van der Waals surface area (Å²) in [6, 6.07) is 16.8. The highest BCUT2D eigenvalue weighted by Crippen LogP contribution is 2.49. The molecule has 2 aliphatic heterocycles. The lowest BCUT2D eigenvalue weighted by molar-refractivity contribution is -0.165. The van der Waals surface area contributed by atoms with Crippen LogP contribution < -0.4 is 34.8 Å². The maximum atomic E-state index is 14.2. The molecule has 502 valence electrons. The van der Waals surface area contributed by atoms with Crippen LogP contribution in [0, 0.1) is 0 Å². The van der Waals surface area contributed by atoms with Gasteiger partial charge in [0.25, 0.3) is 0 Å². The number of carbonyl (C=O) groups excluding carboxylic acids is 4. The second-order valence-corrected chi connectivity index (χ2v) is 21.8. The number of alkyl halides is 1. The number of hydrogen-bond acceptors (Lipinski definition) is 22. The van der Waals surface area contributed by atoms with Crippen molar-refractivity contribution in [3.8, 4) is 39.7 Å². The monoisotopic (exact) mass is 1330 g/mol. The molecule has 1 N–H and O–H groups in total. The Labute approximate surface area is 546 Å². The number of anilines is 2. The van der Waals surface area contributed by atoms with E-state index >= 15 is 0 Å². The van der Waals surface area contributed by atoms with Crippen LogP contribution in [0.4, 0.5) is 11.4 Å². The highest BCUT2D eigenvalue weighted by Gasteiger charge is 2.29. The van der Waals surface area contributed by atoms with E-state index < -0.39 is 36.9 Å². The summed E-state index contributed by atoms with van der Waals surface area (Å²) in [6.45, 7) is 10.3. The highest BCUT2D eigenvalue weighted by atomic mass is 35.5. The Morgan fingerprint density at radius 3 is 1.76 bits per heavy atom. The normalized spacial score (nSPS) is 13.6. The summed E-state index contributed by atoms with van der Waals surface area (Å²) in [5, 5.41) is 2.87. The van der Waals surface area contributed by atoms with E-state index in [4.69, 9.17) is 106 Å². The molecule has 0 radical (unpaired) electrons. The molecule has 1 saturated heterocycles. The number of hydrogen-bond donors (Lipinski definition) is 1. The van der Waals surface area contributed by atoms with Crippen LogP contribution in [-0.4, -0.2) is 196 Å². The van der Waals surface area contributed by atoms with Crippen LogP contribution >= 0.6 is 34.8 Å². The maximum absolute atomic E-state index is 14.2. The van der Waals surface area contributed by atoms with Gasteiger partial charge in [-0.25, -0.2) is 0 Å². The van der Waals surface area contributed by atoms with Crippen molar-refractivity contribution in [1.82, 2.24) is 5.32 Å². The molecule has 3 aromatic rings. The molecule has 3 aliphatic rings. The number of fused-ring (bicyclic) bond motifs is 2. The number of benzene rings is 4. The first-order chi connectivity index (χ1) is 44.3. The number of amides is 1. The molecule has 0 aromatic heterocycles. The predicted molar refractivity (Wildman–Crippen MR) is 344 cm³/mol. The van der Waals surface area contributed by atoms with Crippen LogP contribution in [0.15, 0.2) is 63.8 Å². The van der Waals surface area contributed by atoms with Gasteiger partial charge in [-0.3, -0.25) is 24.0 Å². The maximum Gasteiger partial charge on any atom is 0.308 e. The van der Waals surface area contributed by atoms with Gasteiger partial charge in [0.2, 0.25) is 24.9 Å². The van der Waals surface area contributed by atoms with Crippen molar-refractivity contribution in [2.45, 2.75) is 65.2 Å². The number of unbranched alkanes of at least 4 members (excludes halogenated alkanes) is 3. The van der Waals surface area contributed by atoms with E-state index in [0.29, 0.717) is 158 Å². The van der Waals surface area contributed by atoms with Gasteiger partial charge in [-0.05, 0) is 73.2 Å². The van der Waals surface area contributed by atoms with Crippen LogP contribution in [0.1, 0.15) is 63.5 Å². The van der Waals surface area contributed by atoms with Gasteiger partial charge in [-0.2, -0.15) is 0 Å². The fourth-order valence-corrected chi connectivity index (χ4v) is 10.5. The zero-order valence-corrected chi connectivity index (χ0v) is 54.8. The summed E-state index contributed by atoms with van der Waals surface area (Å²) in [4.78, 5) is 68.1. The smallest absolute Gasteiger partial charge is 0.308 e. The number of carbonyl (C=O) groups is 4. The van der Waals surface area contributed by atoms with Crippen LogP contribution in [-0.2, 0) is 84.1 Å². The lowest BCUT2D eigenvalue weighted by Gasteiger charge is -2.28. The second-order valence-electron chi connectivity index (χ2n) is 20.6. The van der Waals surface area contributed by atoms with E-state index in [0.717, 1.165) is 49.4 Å². The zero-order chi connectivity index (χ0) is 65.0. The third kappa shape index (κ3) is 25.0. The molecule has 2 heterocycles. The van der Waals surface area contributed by atoms with Gasteiger partial charge in [0.15, 0.2) is 11.3 Å². The molecule has 23 nitrogen and oxygen atoms in total. The average Bonchev–Trinajstić information content (AvgIpc) is 0.826. The van der Waals surface area contributed by atoms with Crippen molar-refractivity contribution in [1.29, 1.82) is 0 Å². The average molecular weight is 1340 g/mol. The molecule has 91 heavy (non-hydrogen) atoms.